The number of hydrogen-bond donors (Lipinski definition) is 1. The Morgan fingerprint density at radius 2 is 2.06 bits per heavy atom. The number of fused-ring (bicyclic) bond motifs is 1. The normalized spacial score (nSPS) is 13.4. The number of rotatable bonds is 1. The van der Waals surface area contributed by atoms with Crippen LogP contribution in [-0.2, 0) is 13.1 Å². The molecule has 0 amide bonds. The second-order valence-electron chi connectivity index (χ2n) is 4.24. The van der Waals surface area contributed by atoms with Crippen molar-refractivity contribution in [3.8, 4) is 11.8 Å². The van der Waals surface area contributed by atoms with E-state index >= 15 is 0 Å². The fourth-order valence-corrected chi connectivity index (χ4v) is 2.15. The first kappa shape index (κ1) is 10.1. The molecule has 1 aliphatic rings. The van der Waals surface area contributed by atoms with Gasteiger partial charge in [-0.2, -0.15) is 10.4 Å². The predicted molar refractivity (Wildman–Crippen MR) is 63.6 cm³/mol. The number of nitrogens with one attached hydrogen (secondary N) is 1. The Morgan fingerprint density at radius 1 is 1.29 bits per heavy atom. The number of aryl methyl sites for hydroxylation is 1. The average molecular weight is 224 g/mol. The Morgan fingerprint density at radius 3 is 2.76 bits per heavy atom. The van der Waals surface area contributed by atoms with Crippen LogP contribution in [0.3, 0.4) is 0 Å². The Bertz CT molecular complexity index is 602. The van der Waals surface area contributed by atoms with E-state index in [4.69, 9.17) is 5.26 Å². The van der Waals surface area contributed by atoms with Gasteiger partial charge in [0, 0.05) is 18.7 Å². The molecule has 0 bridgehead atoms. The fraction of sp³-hybridized carbons (Fsp3) is 0.231. The van der Waals surface area contributed by atoms with E-state index in [0.29, 0.717) is 5.69 Å². The van der Waals surface area contributed by atoms with Crippen LogP contribution >= 0.6 is 0 Å². The van der Waals surface area contributed by atoms with Gasteiger partial charge >= 0.3 is 0 Å². The summed E-state index contributed by atoms with van der Waals surface area (Å²) in [5.41, 5.74) is 4.90. The molecule has 2 aromatic rings. The minimum absolute atomic E-state index is 0.533. The topological polar surface area (TPSA) is 53.6 Å². The first-order chi connectivity index (χ1) is 8.29. The third-order valence-corrected chi connectivity index (χ3v) is 3.07. The van der Waals surface area contributed by atoms with Crippen LogP contribution in [0.1, 0.15) is 22.5 Å². The van der Waals surface area contributed by atoms with Crippen molar-refractivity contribution in [1.82, 2.24) is 15.1 Å². The van der Waals surface area contributed by atoms with Crippen LogP contribution in [0.5, 0.6) is 0 Å². The number of nitriles is 1. The van der Waals surface area contributed by atoms with Crippen molar-refractivity contribution in [3.05, 3.63) is 46.8 Å². The van der Waals surface area contributed by atoms with E-state index in [1.807, 2.05) is 16.8 Å². The highest BCUT2D eigenvalue weighted by atomic mass is 15.3. The zero-order valence-corrected chi connectivity index (χ0v) is 9.57. The van der Waals surface area contributed by atoms with E-state index in [2.05, 4.69) is 35.5 Å². The quantitative estimate of drug-likeness (QED) is 0.801. The Balaban J connectivity index is 2.16. The smallest absolute Gasteiger partial charge is 0.167 e. The summed E-state index contributed by atoms with van der Waals surface area (Å²) < 4.78 is 1.87. The lowest BCUT2D eigenvalue weighted by molar-refractivity contribution is 0.708. The highest BCUT2D eigenvalue weighted by molar-refractivity contribution is 5.43. The van der Waals surface area contributed by atoms with Crippen LogP contribution in [0.2, 0.25) is 0 Å². The van der Waals surface area contributed by atoms with Gasteiger partial charge in [-0.3, -0.25) is 0 Å². The van der Waals surface area contributed by atoms with Crippen LogP contribution in [0.15, 0.2) is 24.3 Å². The van der Waals surface area contributed by atoms with E-state index in [9.17, 15) is 0 Å². The van der Waals surface area contributed by atoms with Gasteiger partial charge in [0.1, 0.15) is 6.07 Å². The van der Waals surface area contributed by atoms with Crippen molar-refractivity contribution >= 4 is 0 Å². The largest absolute Gasteiger partial charge is 0.307 e. The first-order valence-corrected chi connectivity index (χ1v) is 5.58. The molecule has 0 saturated carbocycles. The summed E-state index contributed by atoms with van der Waals surface area (Å²) in [4.78, 5) is 0. The van der Waals surface area contributed by atoms with Gasteiger partial charge in [0.2, 0.25) is 0 Å². The van der Waals surface area contributed by atoms with E-state index in [1.54, 1.807) is 0 Å². The standard InChI is InChI=1S/C13H12N4/c1-9-2-4-10(5-3-9)17-13-8-15-7-11(13)12(6-14)16-17/h2-5,15H,7-8H2,1H3. The van der Waals surface area contributed by atoms with Gasteiger partial charge in [-0.25, -0.2) is 4.68 Å². The Hall–Kier alpha value is -2.12. The molecule has 1 aromatic heterocycles. The summed E-state index contributed by atoms with van der Waals surface area (Å²) in [6, 6.07) is 10.3. The van der Waals surface area contributed by atoms with E-state index in [1.165, 1.54) is 5.56 Å². The fourth-order valence-electron chi connectivity index (χ4n) is 2.15. The summed E-state index contributed by atoms with van der Waals surface area (Å²) in [5.74, 6) is 0. The highest BCUT2D eigenvalue weighted by Gasteiger charge is 2.22. The van der Waals surface area contributed by atoms with Crippen LogP contribution in [-0.4, -0.2) is 9.78 Å². The lowest BCUT2D eigenvalue weighted by Crippen LogP contribution is -2.08. The molecule has 1 aromatic carbocycles. The number of nitrogens with zero attached hydrogens (tertiary/aromatic N) is 3. The maximum absolute atomic E-state index is 9.05. The van der Waals surface area contributed by atoms with E-state index in [-0.39, 0.29) is 0 Å². The molecule has 84 valence electrons. The molecule has 2 heterocycles. The lowest BCUT2D eigenvalue weighted by Gasteiger charge is -2.05. The summed E-state index contributed by atoms with van der Waals surface area (Å²) in [6.45, 7) is 3.57. The molecule has 0 atom stereocenters. The lowest BCUT2D eigenvalue weighted by atomic mass is 10.2. The molecule has 3 rings (SSSR count). The van der Waals surface area contributed by atoms with Crippen LogP contribution in [0.4, 0.5) is 0 Å². The molecule has 17 heavy (non-hydrogen) atoms. The Labute approximate surface area is 99.5 Å². The van der Waals surface area contributed by atoms with Gasteiger partial charge < -0.3 is 5.32 Å². The van der Waals surface area contributed by atoms with Gasteiger partial charge in [-0.15, -0.1) is 0 Å². The maximum Gasteiger partial charge on any atom is 0.167 e. The maximum atomic E-state index is 9.05. The summed E-state index contributed by atoms with van der Waals surface area (Å²) in [5, 5.41) is 16.7. The molecular weight excluding hydrogens is 212 g/mol. The van der Waals surface area contributed by atoms with Crippen molar-refractivity contribution in [1.29, 1.82) is 5.26 Å². The summed E-state index contributed by atoms with van der Waals surface area (Å²) in [6.07, 6.45) is 0. The average Bonchev–Trinajstić information content (AvgIpc) is 2.91. The molecule has 0 fully saturated rings. The Kier molecular flexibility index (Phi) is 2.20. The van der Waals surface area contributed by atoms with Crippen LogP contribution in [0.25, 0.3) is 5.69 Å². The highest BCUT2D eigenvalue weighted by Crippen LogP contribution is 2.22. The zero-order valence-electron chi connectivity index (χ0n) is 9.57. The van der Waals surface area contributed by atoms with Crippen molar-refractivity contribution in [2.75, 3.05) is 0 Å². The molecule has 0 spiro atoms. The van der Waals surface area contributed by atoms with E-state index < -0.39 is 0 Å². The minimum atomic E-state index is 0.533. The third kappa shape index (κ3) is 1.52. The molecule has 0 radical (unpaired) electrons. The molecular formula is C13H12N4. The van der Waals surface area contributed by atoms with Crippen LogP contribution in [0, 0.1) is 18.3 Å². The summed E-state index contributed by atoms with van der Waals surface area (Å²) in [7, 11) is 0. The van der Waals surface area contributed by atoms with Crippen molar-refractivity contribution < 1.29 is 0 Å². The van der Waals surface area contributed by atoms with Crippen molar-refractivity contribution in [3.63, 3.8) is 0 Å². The SMILES string of the molecule is Cc1ccc(-n2nc(C#N)c3c2CNC3)cc1. The second-order valence-corrected chi connectivity index (χ2v) is 4.24. The molecule has 0 unspecified atom stereocenters. The van der Waals surface area contributed by atoms with Gasteiger partial charge in [0.05, 0.1) is 11.4 Å². The van der Waals surface area contributed by atoms with Gasteiger partial charge in [-0.05, 0) is 19.1 Å². The third-order valence-electron chi connectivity index (χ3n) is 3.07. The summed E-state index contributed by atoms with van der Waals surface area (Å²) >= 11 is 0. The number of benzene rings is 1. The van der Waals surface area contributed by atoms with Crippen molar-refractivity contribution in [2.45, 2.75) is 20.0 Å². The first-order valence-electron chi connectivity index (χ1n) is 5.58. The van der Waals surface area contributed by atoms with Crippen molar-refractivity contribution in [2.24, 2.45) is 0 Å². The monoisotopic (exact) mass is 224 g/mol. The second kappa shape index (κ2) is 3.72. The zero-order chi connectivity index (χ0) is 11.8. The van der Waals surface area contributed by atoms with Crippen LogP contribution < -0.4 is 5.32 Å². The van der Waals surface area contributed by atoms with E-state index in [0.717, 1.165) is 30.0 Å². The molecule has 1 N–H and O–H groups in total. The van der Waals surface area contributed by atoms with Gasteiger partial charge in [0.25, 0.3) is 0 Å². The molecule has 1 aliphatic heterocycles. The van der Waals surface area contributed by atoms with Gasteiger partial charge in [0.15, 0.2) is 5.69 Å². The number of aromatic nitrogens is 2. The molecule has 0 aliphatic carbocycles. The molecule has 4 nitrogen and oxygen atoms in total. The minimum Gasteiger partial charge on any atom is -0.307 e. The number of hydrogen-bond acceptors (Lipinski definition) is 3. The molecule has 0 saturated heterocycles. The van der Waals surface area contributed by atoms with Gasteiger partial charge in [-0.1, -0.05) is 17.7 Å². The predicted octanol–water partition coefficient (Wildman–Crippen LogP) is 1.66. The molecule has 4 heteroatoms.